The first-order chi connectivity index (χ1) is 10.6. The Morgan fingerprint density at radius 2 is 1.23 bits per heavy atom. The number of rotatable bonds is 11. The van der Waals surface area contributed by atoms with Crippen molar-refractivity contribution in [3.63, 3.8) is 0 Å². The van der Waals surface area contributed by atoms with Gasteiger partial charge in [0.2, 0.25) is 0 Å². The van der Waals surface area contributed by atoms with Crippen LogP contribution in [0.1, 0.15) is 13.8 Å². The van der Waals surface area contributed by atoms with E-state index in [2.05, 4.69) is 10.6 Å². The molecule has 10 heteroatoms. The van der Waals surface area contributed by atoms with Gasteiger partial charge >= 0.3 is 22.4 Å². The summed E-state index contributed by atoms with van der Waals surface area (Å²) in [5.74, 6) is -0.511. The van der Waals surface area contributed by atoms with Crippen LogP contribution in [0.5, 0.6) is 0 Å². The van der Waals surface area contributed by atoms with E-state index in [-0.39, 0.29) is 11.5 Å². The predicted molar refractivity (Wildman–Crippen MR) is 82.4 cm³/mol. The van der Waals surface area contributed by atoms with Crippen molar-refractivity contribution in [2.24, 2.45) is 0 Å². The first-order valence-corrected chi connectivity index (χ1v) is 8.50. The van der Waals surface area contributed by atoms with Gasteiger partial charge in [-0.2, -0.15) is 24.6 Å². The van der Waals surface area contributed by atoms with Crippen LogP contribution in [0.2, 0.25) is 0 Å². The van der Waals surface area contributed by atoms with Crippen molar-refractivity contribution in [1.82, 2.24) is 0 Å². The topological polar surface area (TPSA) is 97.9 Å². The van der Waals surface area contributed by atoms with Crippen molar-refractivity contribution in [2.75, 3.05) is 37.8 Å². The van der Waals surface area contributed by atoms with Crippen LogP contribution in [0.3, 0.4) is 0 Å². The molecule has 0 amide bonds. The zero-order valence-corrected chi connectivity index (χ0v) is 16.0. The molecule has 0 rings (SSSR count). The minimum atomic E-state index is -0.648. The molecule has 0 aromatic heterocycles. The SMILES string of the molecule is CCOC(=O)C(C[S-])[N-]CC[N-]C(C[S-])C(=O)OCC.[O]=[99Tc+4]. The van der Waals surface area contributed by atoms with Gasteiger partial charge in [-0.3, -0.25) is 9.59 Å². The van der Waals surface area contributed by atoms with Crippen LogP contribution < -0.4 is 0 Å². The third-order valence-electron chi connectivity index (χ3n) is 2.23. The van der Waals surface area contributed by atoms with E-state index in [1.165, 1.54) is 0 Å². The number of carbonyl (C=O) groups is 2. The summed E-state index contributed by atoms with van der Waals surface area (Å²) in [6.07, 6.45) is 0. The molecule has 0 spiro atoms. The Morgan fingerprint density at radius 3 is 1.45 bits per heavy atom. The molecule has 0 aromatic carbocycles. The molecule has 2 unspecified atom stereocenters. The average Bonchev–Trinajstić information content (AvgIpc) is 2.53. The summed E-state index contributed by atoms with van der Waals surface area (Å²) in [4.78, 5) is 22.9. The second-order valence-corrected chi connectivity index (χ2v) is 4.35. The van der Waals surface area contributed by atoms with Crippen LogP contribution in [0, 0.1) is 0 Å². The van der Waals surface area contributed by atoms with Gasteiger partial charge in [0.15, 0.2) is 0 Å². The maximum absolute atomic E-state index is 11.4. The molecule has 22 heavy (non-hydrogen) atoms. The van der Waals surface area contributed by atoms with Gasteiger partial charge in [-0.05, 0) is 13.8 Å². The fraction of sp³-hybridized carbons (Fsp3) is 0.833. The van der Waals surface area contributed by atoms with Crippen molar-refractivity contribution < 1.29 is 41.4 Å². The van der Waals surface area contributed by atoms with Gasteiger partial charge in [-0.15, -0.1) is 0 Å². The Bertz CT molecular complexity index is 285. The number of nitrogens with zero attached hydrogens (tertiary/aromatic N) is 2. The molecule has 0 N–H and O–H groups in total. The van der Waals surface area contributed by atoms with Gasteiger partial charge in [0, 0.05) is 0 Å². The summed E-state index contributed by atoms with van der Waals surface area (Å²) < 4.78 is 17.9. The normalized spacial score (nSPS) is 12.6. The number of esters is 2. The zero-order chi connectivity index (χ0) is 17.4. The Morgan fingerprint density at radius 1 is 0.909 bits per heavy atom. The Labute approximate surface area is 152 Å². The van der Waals surface area contributed by atoms with E-state index in [1.54, 1.807) is 13.8 Å². The third-order valence-corrected chi connectivity index (χ3v) is 2.86. The van der Waals surface area contributed by atoms with Crippen molar-refractivity contribution in [3.8, 4) is 0 Å². The van der Waals surface area contributed by atoms with E-state index in [4.69, 9.17) is 38.2 Å². The number of carbonyl (C=O) groups excluding carboxylic acids is 2. The quantitative estimate of drug-likeness (QED) is 0.266. The van der Waals surface area contributed by atoms with Gasteiger partial charge in [0.05, 0.1) is 13.2 Å². The molecule has 0 fully saturated rings. The Kier molecular flexibility index (Phi) is 19.2. The summed E-state index contributed by atoms with van der Waals surface area (Å²) in [7, 11) is 0. The second kappa shape index (κ2) is 17.4. The van der Waals surface area contributed by atoms with Crippen LogP contribution in [0.4, 0.5) is 0 Å². The van der Waals surface area contributed by atoms with E-state index >= 15 is 0 Å². The van der Waals surface area contributed by atoms with E-state index in [9.17, 15) is 9.59 Å². The van der Waals surface area contributed by atoms with E-state index in [0.29, 0.717) is 26.3 Å². The summed E-state index contributed by atoms with van der Waals surface area (Å²) in [6.45, 7) is 4.63. The van der Waals surface area contributed by atoms with E-state index in [1.807, 2.05) is 0 Å². The fourth-order valence-corrected chi connectivity index (χ4v) is 1.78. The summed E-state index contributed by atoms with van der Waals surface area (Å²) >= 11 is 10.6. The van der Waals surface area contributed by atoms with Crippen molar-refractivity contribution in [1.29, 1.82) is 0 Å². The average molecular weight is 435 g/mol. The first-order valence-electron chi connectivity index (χ1n) is 6.58. The van der Waals surface area contributed by atoms with Crippen LogP contribution >= 0.6 is 0 Å². The monoisotopic (exact) mass is 435 g/mol. The molecule has 2 atom stereocenters. The molecule has 0 aromatic rings. The van der Waals surface area contributed by atoms with Gasteiger partial charge < -0.3 is 45.4 Å². The van der Waals surface area contributed by atoms with Crippen molar-refractivity contribution in [3.05, 3.63) is 10.6 Å². The molecule has 0 aliphatic carbocycles. The molecule has 0 radical (unpaired) electrons. The molecule has 127 valence electrons. The Hall–Kier alpha value is 0.00935. The third kappa shape index (κ3) is 11.6. The molecule has 0 aliphatic heterocycles. The van der Waals surface area contributed by atoms with Crippen molar-refractivity contribution >= 4 is 37.2 Å². The molecule has 7 nitrogen and oxygen atoms in total. The van der Waals surface area contributed by atoms with E-state index in [0.717, 1.165) is 18.9 Å². The van der Waals surface area contributed by atoms with Gasteiger partial charge in [0.25, 0.3) is 11.9 Å². The van der Waals surface area contributed by atoms with E-state index < -0.39 is 24.0 Å². The first kappa shape index (κ1) is 24.3. The molecule has 0 saturated heterocycles. The zero-order valence-electron chi connectivity index (χ0n) is 12.5. The minimum absolute atomic E-state index is 0.168. The van der Waals surface area contributed by atoms with Gasteiger partial charge in [0.1, 0.15) is 0 Å². The summed E-state index contributed by atoms with van der Waals surface area (Å²) in [6, 6.07) is -1.30. The van der Waals surface area contributed by atoms with Gasteiger partial charge in [-0.1, -0.05) is 12.1 Å². The summed E-state index contributed by atoms with van der Waals surface area (Å²) in [5.41, 5.74) is 0. The van der Waals surface area contributed by atoms with Gasteiger partial charge in [-0.25, -0.2) is 0 Å². The van der Waals surface area contributed by atoms with Crippen LogP contribution in [0.15, 0.2) is 0 Å². The molecule has 0 bridgehead atoms. The number of hydrogen-bond acceptors (Lipinski definition) is 7. The molecule has 0 saturated carbocycles. The number of ether oxygens (including phenoxy) is 2. The molecular weight excluding hydrogens is 415 g/mol. The van der Waals surface area contributed by atoms with Crippen molar-refractivity contribution in [2.45, 2.75) is 25.9 Å². The number of hydrogen-bond donors (Lipinski definition) is 0. The predicted octanol–water partition coefficient (Wildman–Crippen LogP) is 0.570. The van der Waals surface area contributed by atoms with Crippen LogP contribution in [-0.4, -0.2) is 61.8 Å². The standard InChI is InChI=1S/C12H22N2O4S2.O.Tc/c1-3-17-11(15)9(7-19)13-5-6-14-10(8-20)12(16)18-4-2;;/h9-10,19-20H,3-8H2,1-2H3;;/q-2;;+4/p-2/i;;1+1. The Balaban J connectivity index is 0. The molecular formula is C12H20N2O5S2Tc. The van der Waals surface area contributed by atoms with Crippen LogP contribution in [0.25, 0.3) is 10.6 Å². The maximum atomic E-state index is 11.4. The molecule has 0 aliphatic rings. The second-order valence-electron chi connectivity index (χ2n) is 3.68. The fourth-order valence-electron chi connectivity index (χ4n) is 1.29. The molecule has 0 heterocycles. The van der Waals surface area contributed by atoms with Crippen LogP contribution in [-0.2, 0) is 66.7 Å². The summed E-state index contributed by atoms with van der Waals surface area (Å²) in [5, 5.41) is 8.23.